The van der Waals surface area contributed by atoms with Crippen LogP contribution in [0.2, 0.25) is 0 Å². The summed E-state index contributed by atoms with van der Waals surface area (Å²) in [4.78, 5) is 11.8. The highest BCUT2D eigenvalue weighted by Gasteiger charge is 2.27. The lowest BCUT2D eigenvalue weighted by molar-refractivity contribution is -0.121. The van der Waals surface area contributed by atoms with E-state index in [0.29, 0.717) is 9.87 Å². The van der Waals surface area contributed by atoms with Crippen LogP contribution < -0.4 is 0 Å². The van der Waals surface area contributed by atoms with Gasteiger partial charge in [0.15, 0.2) is 0 Å². The van der Waals surface area contributed by atoms with Crippen molar-refractivity contribution >= 4 is 15.9 Å². The van der Waals surface area contributed by atoms with E-state index >= 15 is 0 Å². The van der Waals surface area contributed by atoms with Crippen LogP contribution in [0.15, 0.2) is 72.1 Å². The van der Waals surface area contributed by atoms with Gasteiger partial charge in [-0.05, 0) is 35.9 Å². The summed E-state index contributed by atoms with van der Waals surface area (Å²) in [6, 6.07) is 13.0. The summed E-state index contributed by atoms with van der Waals surface area (Å²) in [7, 11) is -4.08. The van der Waals surface area contributed by atoms with Crippen LogP contribution in [0.4, 0.5) is 4.39 Å². The first-order chi connectivity index (χ1) is 10.4. The zero-order valence-electron chi connectivity index (χ0n) is 11.6. The topological polar surface area (TPSA) is 54.5 Å². The highest BCUT2D eigenvalue weighted by atomic mass is 32.2. The van der Waals surface area contributed by atoms with Crippen molar-refractivity contribution < 1.29 is 17.6 Å². The van der Waals surface area contributed by atoms with Crippen LogP contribution in [0.3, 0.4) is 0 Å². The highest BCUT2D eigenvalue weighted by molar-refractivity contribution is 7.89. The van der Waals surface area contributed by atoms with Crippen LogP contribution in [-0.4, -0.2) is 18.6 Å². The Balaban J connectivity index is 2.42. The molecule has 2 rings (SSSR count). The number of rotatable bonds is 5. The molecule has 0 saturated heterocycles. The van der Waals surface area contributed by atoms with E-state index in [9.17, 15) is 17.6 Å². The molecule has 0 heterocycles. The molecule has 0 bridgehead atoms. The molecule has 4 nitrogen and oxygen atoms in total. The SMILES string of the molecule is C=CC(=O)N(Cc1ccccc1)S(=O)(=O)c1ccc(F)cc1. The molecule has 114 valence electrons. The molecule has 0 unspecified atom stereocenters. The number of halogens is 1. The third-order valence-electron chi connectivity index (χ3n) is 2.99. The zero-order valence-corrected chi connectivity index (χ0v) is 12.5. The fourth-order valence-corrected chi connectivity index (χ4v) is 3.23. The minimum absolute atomic E-state index is 0.120. The molecular weight excluding hydrogens is 305 g/mol. The summed E-state index contributed by atoms with van der Waals surface area (Å²) in [5.74, 6) is -1.29. The number of benzene rings is 2. The van der Waals surface area contributed by atoms with Crippen molar-refractivity contribution in [3.8, 4) is 0 Å². The second-order valence-electron chi connectivity index (χ2n) is 4.49. The number of sulfonamides is 1. The monoisotopic (exact) mass is 319 g/mol. The number of nitrogens with zero attached hydrogens (tertiary/aromatic N) is 1. The Labute approximate surface area is 128 Å². The molecule has 0 aliphatic rings. The number of hydrogen-bond donors (Lipinski definition) is 0. The van der Waals surface area contributed by atoms with Gasteiger partial charge in [0.05, 0.1) is 11.4 Å². The van der Waals surface area contributed by atoms with Crippen LogP contribution in [0, 0.1) is 5.82 Å². The summed E-state index contributed by atoms with van der Waals surface area (Å²) in [5.41, 5.74) is 0.656. The average molecular weight is 319 g/mol. The molecule has 0 aromatic heterocycles. The number of carbonyl (C=O) groups excluding carboxylic acids is 1. The van der Waals surface area contributed by atoms with Crippen molar-refractivity contribution in [1.82, 2.24) is 4.31 Å². The minimum atomic E-state index is -4.08. The number of amides is 1. The largest absolute Gasteiger partial charge is 0.269 e. The molecule has 1 amide bonds. The molecule has 6 heteroatoms. The minimum Gasteiger partial charge on any atom is -0.269 e. The smallest absolute Gasteiger partial charge is 0.267 e. The summed E-state index contributed by atoms with van der Waals surface area (Å²) >= 11 is 0. The van der Waals surface area contributed by atoms with E-state index in [2.05, 4.69) is 6.58 Å². The second-order valence-corrected chi connectivity index (χ2v) is 6.36. The molecule has 0 N–H and O–H groups in total. The Morgan fingerprint density at radius 3 is 2.23 bits per heavy atom. The maximum Gasteiger partial charge on any atom is 0.267 e. The molecule has 0 atom stereocenters. The van der Waals surface area contributed by atoms with Crippen molar-refractivity contribution in [2.45, 2.75) is 11.4 Å². The van der Waals surface area contributed by atoms with E-state index in [1.807, 2.05) is 0 Å². The normalized spacial score (nSPS) is 11.0. The summed E-state index contributed by atoms with van der Waals surface area (Å²) in [6.45, 7) is 3.21. The lowest BCUT2D eigenvalue weighted by Crippen LogP contribution is -2.35. The van der Waals surface area contributed by atoms with E-state index in [1.54, 1.807) is 30.3 Å². The van der Waals surface area contributed by atoms with Gasteiger partial charge in [0.2, 0.25) is 0 Å². The molecule has 22 heavy (non-hydrogen) atoms. The van der Waals surface area contributed by atoms with Crippen molar-refractivity contribution in [3.05, 3.63) is 78.6 Å². The first-order valence-corrected chi connectivity index (χ1v) is 7.88. The third kappa shape index (κ3) is 3.40. The Kier molecular flexibility index (Phi) is 4.72. The Morgan fingerprint density at radius 1 is 1.09 bits per heavy atom. The molecule has 2 aromatic carbocycles. The summed E-state index contributed by atoms with van der Waals surface area (Å²) in [5, 5.41) is 0. The van der Waals surface area contributed by atoms with E-state index < -0.39 is 21.7 Å². The van der Waals surface area contributed by atoms with Crippen LogP contribution in [0.25, 0.3) is 0 Å². The molecule has 2 aromatic rings. The van der Waals surface area contributed by atoms with Gasteiger partial charge >= 0.3 is 0 Å². The molecule has 0 aliphatic carbocycles. The Hall–Kier alpha value is -2.47. The van der Waals surface area contributed by atoms with E-state index in [-0.39, 0.29) is 11.4 Å². The van der Waals surface area contributed by atoms with Crippen LogP contribution in [0.5, 0.6) is 0 Å². The quantitative estimate of drug-likeness (QED) is 0.796. The van der Waals surface area contributed by atoms with Gasteiger partial charge in [-0.1, -0.05) is 36.9 Å². The van der Waals surface area contributed by atoms with E-state index in [4.69, 9.17) is 0 Å². The fraction of sp³-hybridized carbons (Fsp3) is 0.0625. The molecule has 0 fully saturated rings. The van der Waals surface area contributed by atoms with Gasteiger partial charge in [-0.15, -0.1) is 0 Å². The zero-order chi connectivity index (χ0) is 16.2. The average Bonchev–Trinajstić information content (AvgIpc) is 2.53. The van der Waals surface area contributed by atoms with Crippen LogP contribution >= 0.6 is 0 Å². The van der Waals surface area contributed by atoms with Crippen LogP contribution in [0.1, 0.15) is 5.56 Å². The molecular formula is C16H14FNO3S. The lowest BCUT2D eigenvalue weighted by atomic mass is 10.2. The van der Waals surface area contributed by atoms with Gasteiger partial charge in [-0.25, -0.2) is 17.1 Å². The summed E-state index contributed by atoms with van der Waals surface area (Å²) < 4.78 is 38.8. The van der Waals surface area contributed by atoms with Crippen molar-refractivity contribution in [1.29, 1.82) is 0 Å². The molecule has 0 spiro atoms. The van der Waals surface area contributed by atoms with Gasteiger partial charge in [0.25, 0.3) is 15.9 Å². The standard InChI is InChI=1S/C16H14FNO3S/c1-2-16(19)18(12-13-6-4-3-5-7-13)22(20,21)15-10-8-14(17)9-11-15/h2-11H,1,12H2. The summed E-state index contributed by atoms with van der Waals surface area (Å²) in [6.07, 6.45) is 0.935. The molecule has 0 saturated carbocycles. The Bertz CT molecular complexity index is 771. The van der Waals surface area contributed by atoms with Crippen molar-refractivity contribution in [3.63, 3.8) is 0 Å². The number of hydrogen-bond acceptors (Lipinski definition) is 3. The maximum atomic E-state index is 13.0. The fourth-order valence-electron chi connectivity index (χ4n) is 1.87. The number of carbonyl (C=O) groups is 1. The third-order valence-corrected chi connectivity index (χ3v) is 4.75. The first-order valence-electron chi connectivity index (χ1n) is 6.44. The predicted molar refractivity (Wildman–Crippen MR) is 80.8 cm³/mol. The Morgan fingerprint density at radius 2 is 1.68 bits per heavy atom. The first kappa shape index (κ1) is 15.9. The van der Waals surface area contributed by atoms with E-state index in [0.717, 1.165) is 30.3 Å². The highest BCUT2D eigenvalue weighted by Crippen LogP contribution is 2.19. The van der Waals surface area contributed by atoms with Gasteiger partial charge in [0, 0.05) is 0 Å². The van der Waals surface area contributed by atoms with Gasteiger partial charge in [0.1, 0.15) is 5.82 Å². The van der Waals surface area contributed by atoms with E-state index in [1.165, 1.54) is 0 Å². The van der Waals surface area contributed by atoms with Crippen molar-refractivity contribution in [2.75, 3.05) is 0 Å². The van der Waals surface area contributed by atoms with Gasteiger partial charge in [-0.2, -0.15) is 0 Å². The molecule has 0 aliphatic heterocycles. The molecule has 0 radical (unpaired) electrons. The lowest BCUT2D eigenvalue weighted by Gasteiger charge is -2.21. The van der Waals surface area contributed by atoms with Crippen molar-refractivity contribution in [2.24, 2.45) is 0 Å². The van der Waals surface area contributed by atoms with Gasteiger partial charge < -0.3 is 0 Å². The maximum absolute atomic E-state index is 13.0. The van der Waals surface area contributed by atoms with Gasteiger partial charge in [-0.3, -0.25) is 4.79 Å². The van der Waals surface area contributed by atoms with Crippen LogP contribution in [-0.2, 0) is 21.4 Å². The predicted octanol–water partition coefficient (Wildman–Crippen LogP) is 2.73. The second kappa shape index (κ2) is 6.53.